The maximum absolute atomic E-state index is 12.9. The topological polar surface area (TPSA) is 47.7 Å². The molecule has 0 saturated carbocycles. The van der Waals surface area contributed by atoms with Crippen LogP contribution in [0.5, 0.6) is 0 Å². The normalized spacial score (nSPS) is 16.5. The van der Waals surface area contributed by atoms with Gasteiger partial charge in [0.2, 0.25) is 0 Å². The van der Waals surface area contributed by atoms with E-state index in [1.165, 1.54) is 10.5 Å². The Labute approximate surface area is 163 Å². The van der Waals surface area contributed by atoms with Crippen molar-refractivity contribution >= 4 is 27.5 Å². The van der Waals surface area contributed by atoms with E-state index in [1.807, 2.05) is 24.3 Å². The third-order valence-electron chi connectivity index (χ3n) is 5.31. The Balaban J connectivity index is 1.52. The summed E-state index contributed by atoms with van der Waals surface area (Å²) in [4.78, 5) is 15.6. The maximum Gasteiger partial charge on any atom is 0.268 e. The van der Waals surface area contributed by atoms with Crippen LogP contribution in [0.25, 0.3) is 10.2 Å². The zero-order valence-corrected chi connectivity index (χ0v) is 16.4. The van der Waals surface area contributed by atoms with E-state index in [0.29, 0.717) is 6.54 Å². The molecule has 0 bridgehead atoms. The second-order valence-electron chi connectivity index (χ2n) is 7.04. The van der Waals surface area contributed by atoms with E-state index in [-0.39, 0.29) is 11.9 Å². The first-order valence-electron chi connectivity index (χ1n) is 9.57. The molecule has 1 aliphatic heterocycles. The average molecular weight is 385 g/mol. The van der Waals surface area contributed by atoms with Crippen LogP contribution in [0.15, 0.2) is 47.8 Å². The lowest BCUT2D eigenvalue weighted by Gasteiger charge is -2.24. The molecule has 6 heteroatoms. The van der Waals surface area contributed by atoms with Crippen LogP contribution in [-0.2, 0) is 4.74 Å². The van der Waals surface area contributed by atoms with Crippen molar-refractivity contribution in [2.75, 3.05) is 39.4 Å². The molecule has 3 aromatic rings. The summed E-state index contributed by atoms with van der Waals surface area (Å²) in [5, 5.41) is 6.34. The minimum atomic E-state index is 0.00819. The van der Waals surface area contributed by atoms with E-state index in [2.05, 4.69) is 40.4 Å². The van der Waals surface area contributed by atoms with E-state index in [4.69, 9.17) is 4.74 Å². The first-order chi connectivity index (χ1) is 13.2. The number of carbonyl (C=O) groups excluding carboxylic acids is 1. The number of rotatable bonds is 6. The third-order valence-corrected chi connectivity index (χ3v) is 6.24. The number of nitrogens with zero attached hydrogens (tertiary/aromatic N) is 1. The molecule has 142 valence electrons. The Morgan fingerprint density at radius 2 is 2.04 bits per heavy atom. The van der Waals surface area contributed by atoms with E-state index in [1.54, 1.807) is 11.3 Å². The van der Waals surface area contributed by atoms with Crippen molar-refractivity contribution in [3.63, 3.8) is 0 Å². The Kier molecular flexibility index (Phi) is 5.57. The number of benzene rings is 1. The zero-order chi connectivity index (χ0) is 18.6. The van der Waals surface area contributed by atoms with Gasteiger partial charge in [0, 0.05) is 5.39 Å². The molecule has 1 saturated heterocycles. The number of morpholine rings is 1. The lowest BCUT2D eigenvalue weighted by molar-refractivity contribution is -0.906. The molecule has 1 atom stereocenters. The van der Waals surface area contributed by atoms with Gasteiger partial charge in [-0.3, -0.25) is 4.79 Å². The molecule has 5 nitrogen and oxygen atoms in total. The highest BCUT2D eigenvalue weighted by Gasteiger charge is 2.21. The number of hydrogen-bond donors (Lipinski definition) is 2. The number of carbonyl (C=O) groups is 1. The van der Waals surface area contributed by atoms with Crippen LogP contribution in [-0.4, -0.2) is 49.9 Å². The maximum atomic E-state index is 12.9. The fourth-order valence-electron chi connectivity index (χ4n) is 3.74. The van der Waals surface area contributed by atoms with Gasteiger partial charge in [-0.15, -0.1) is 11.3 Å². The van der Waals surface area contributed by atoms with Gasteiger partial charge >= 0.3 is 0 Å². The molecule has 1 aromatic carbocycles. The molecule has 0 unspecified atom stereocenters. The summed E-state index contributed by atoms with van der Waals surface area (Å²) in [5.41, 5.74) is 1.94. The predicted octanol–water partition coefficient (Wildman–Crippen LogP) is 1.96. The number of hydrogen-bond acceptors (Lipinski definition) is 3. The van der Waals surface area contributed by atoms with Gasteiger partial charge < -0.3 is 19.5 Å². The van der Waals surface area contributed by atoms with Crippen LogP contribution < -0.4 is 10.2 Å². The van der Waals surface area contributed by atoms with Crippen molar-refractivity contribution in [1.29, 1.82) is 0 Å². The molecule has 1 amide bonds. The van der Waals surface area contributed by atoms with Gasteiger partial charge in [0.05, 0.1) is 32.3 Å². The Hall–Kier alpha value is -2.15. The minimum Gasteiger partial charge on any atom is -0.370 e. The smallest absolute Gasteiger partial charge is 0.268 e. The first kappa shape index (κ1) is 18.2. The molecule has 2 N–H and O–H groups in total. The molecule has 27 heavy (non-hydrogen) atoms. The second-order valence-corrected chi connectivity index (χ2v) is 7.93. The highest BCUT2D eigenvalue weighted by Crippen LogP contribution is 2.31. The Morgan fingerprint density at radius 3 is 2.81 bits per heavy atom. The minimum absolute atomic E-state index is 0.00819. The van der Waals surface area contributed by atoms with E-state index in [9.17, 15) is 4.79 Å². The van der Waals surface area contributed by atoms with Crippen LogP contribution in [0, 0.1) is 0 Å². The van der Waals surface area contributed by atoms with Crippen molar-refractivity contribution in [3.8, 4) is 0 Å². The highest BCUT2D eigenvalue weighted by molar-refractivity contribution is 7.16. The van der Waals surface area contributed by atoms with Crippen molar-refractivity contribution in [2.45, 2.75) is 13.0 Å². The molecular formula is C21H26N3O2S+. The van der Waals surface area contributed by atoms with Crippen molar-refractivity contribution in [2.24, 2.45) is 0 Å². The monoisotopic (exact) mass is 384 g/mol. The van der Waals surface area contributed by atoms with Crippen LogP contribution >= 0.6 is 11.3 Å². The summed E-state index contributed by atoms with van der Waals surface area (Å²) < 4.78 is 7.57. The van der Waals surface area contributed by atoms with E-state index >= 15 is 0 Å². The zero-order valence-electron chi connectivity index (χ0n) is 15.6. The van der Waals surface area contributed by atoms with Gasteiger partial charge in [-0.25, -0.2) is 0 Å². The molecule has 0 aliphatic carbocycles. The summed E-state index contributed by atoms with van der Waals surface area (Å²) in [6, 6.07) is 14.6. The van der Waals surface area contributed by atoms with Gasteiger partial charge in [-0.05, 0) is 30.0 Å². The van der Waals surface area contributed by atoms with Crippen molar-refractivity contribution in [1.82, 2.24) is 9.88 Å². The third kappa shape index (κ3) is 3.93. The van der Waals surface area contributed by atoms with Gasteiger partial charge in [0.25, 0.3) is 5.91 Å². The molecule has 4 rings (SSSR count). The molecular weight excluding hydrogens is 358 g/mol. The van der Waals surface area contributed by atoms with Crippen LogP contribution in [0.2, 0.25) is 0 Å². The molecule has 3 heterocycles. The lowest BCUT2D eigenvalue weighted by Crippen LogP contribution is -3.14. The standard InChI is InChI=1S/C21H25N3O2S/c1-16(17-5-3-2-4-6-17)24-19(15-18-7-14-27-21(18)24)20(25)22-8-9-23-10-12-26-13-11-23/h2-7,14-16H,8-13H2,1H3,(H,22,25)/p+1/t16-/m1/s1. The summed E-state index contributed by atoms with van der Waals surface area (Å²) in [6.45, 7) is 7.46. The summed E-state index contributed by atoms with van der Waals surface area (Å²) in [7, 11) is 0. The molecule has 2 aromatic heterocycles. The largest absolute Gasteiger partial charge is 0.370 e. The highest BCUT2D eigenvalue weighted by atomic mass is 32.1. The van der Waals surface area contributed by atoms with Crippen molar-refractivity contribution in [3.05, 3.63) is 59.1 Å². The fourth-order valence-corrected chi connectivity index (χ4v) is 4.71. The van der Waals surface area contributed by atoms with Crippen molar-refractivity contribution < 1.29 is 14.4 Å². The van der Waals surface area contributed by atoms with Crippen LogP contribution in [0.1, 0.15) is 29.0 Å². The molecule has 1 fully saturated rings. The average Bonchev–Trinajstić information content (AvgIpc) is 3.30. The quantitative estimate of drug-likeness (QED) is 0.683. The fraction of sp³-hybridized carbons (Fsp3) is 0.381. The predicted molar refractivity (Wildman–Crippen MR) is 109 cm³/mol. The van der Waals surface area contributed by atoms with Gasteiger partial charge in [-0.2, -0.15) is 0 Å². The number of fused-ring (bicyclic) bond motifs is 1. The second kappa shape index (κ2) is 8.25. The Bertz CT molecular complexity index is 897. The SMILES string of the molecule is C[C@H](c1ccccc1)n1c(C(=O)NCC[NH+]2CCOCC2)cc2ccsc21. The molecule has 0 spiro atoms. The van der Waals surface area contributed by atoms with Gasteiger partial charge in [-0.1, -0.05) is 30.3 Å². The number of nitrogens with one attached hydrogen (secondary N) is 2. The van der Waals surface area contributed by atoms with Gasteiger partial charge in [0.15, 0.2) is 0 Å². The summed E-state index contributed by atoms with van der Waals surface area (Å²) >= 11 is 1.69. The lowest BCUT2D eigenvalue weighted by atomic mass is 10.1. The Morgan fingerprint density at radius 1 is 1.26 bits per heavy atom. The number of thiophene rings is 1. The summed E-state index contributed by atoms with van der Waals surface area (Å²) in [5.74, 6) is 0.00819. The number of amides is 1. The van der Waals surface area contributed by atoms with Crippen LogP contribution in [0.4, 0.5) is 0 Å². The van der Waals surface area contributed by atoms with Crippen LogP contribution in [0.3, 0.4) is 0 Å². The molecule has 1 aliphatic rings. The summed E-state index contributed by atoms with van der Waals surface area (Å²) in [6.07, 6.45) is 0. The molecule has 0 radical (unpaired) electrons. The number of aromatic nitrogens is 1. The number of ether oxygens (including phenoxy) is 1. The number of quaternary nitrogens is 1. The van der Waals surface area contributed by atoms with E-state index < -0.39 is 0 Å². The van der Waals surface area contributed by atoms with Gasteiger partial charge in [0.1, 0.15) is 23.6 Å². The van der Waals surface area contributed by atoms with E-state index in [0.717, 1.165) is 48.8 Å². The first-order valence-corrected chi connectivity index (χ1v) is 10.4.